The van der Waals surface area contributed by atoms with Crippen LogP contribution in [0.2, 0.25) is 5.02 Å². The monoisotopic (exact) mass is 227 g/mol. The molecule has 0 fully saturated rings. The van der Waals surface area contributed by atoms with Crippen LogP contribution in [0.15, 0.2) is 18.2 Å². The largest absolute Gasteiger partial charge is 0.489 e. The first-order chi connectivity index (χ1) is 6.93. The molecule has 2 N–H and O–H groups in total. The third-order valence-electron chi connectivity index (χ3n) is 1.93. The van der Waals surface area contributed by atoms with Crippen LogP contribution in [0.4, 0.5) is 0 Å². The molecule has 0 unspecified atom stereocenters. The van der Waals surface area contributed by atoms with Crippen LogP contribution in [-0.4, -0.2) is 42.1 Å². The van der Waals surface area contributed by atoms with E-state index >= 15 is 0 Å². The lowest BCUT2D eigenvalue weighted by atomic mass is 9.79. The second-order valence-electron chi connectivity index (χ2n) is 3.31. The van der Waals surface area contributed by atoms with Gasteiger partial charge in [-0.1, -0.05) is 11.6 Å². The van der Waals surface area contributed by atoms with E-state index in [1.54, 1.807) is 14.1 Å². The molecule has 0 radical (unpaired) electrons. The van der Waals surface area contributed by atoms with Gasteiger partial charge in [-0.05, 0) is 18.2 Å². The van der Waals surface area contributed by atoms with Gasteiger partial charge in [0.2, 0.25) is 0 Å². The predicted octanol–water partition coefficient (Wildman–Crippen LogP) is -0.278. The summed E-state index contributed by atoms with van der Waals surface area (Å²) >= 11 is 5.73. The molecule has 0 atom stereocenters. The van der Waals surface area contributed by atoms with Gasteiger partial charge in [-0.2, -0.15) is 0 Å². The summed E-state index contributed by atoms with van der Waals surface area (Å²) in [6.07, 6.45) is 0. The Kier molecular flexibility index (Phi) is 3.74. The van der Waals surface area contributed by atoms with Gasteiger partial charge in [-0.3, -0.25) is 4.79 Å². The van der Waals surface area contributed by atoms with Gasteiger partial charge in [0, 0.05) is 30.1 Å². The molecule has 0 aliphatic carbocycles. The van der Waals surface area contributed by atoms with E-state index in [2.05, 4.69) is 0 Å². The number of carbonyl (C=O) groups is 1. The minimum absolute atomic E-state index is 0.129. The maximum atomic E-state index is 11.6. The lowest BCUT2D eigenvalue weighted by molar-refractivity contribution is 0.0827. The highest BCUT2D eigenvalue weighted by atomic mass is 35.5. The van der Waals surface area contributed by atoms with Crippen LogP contribution in [-0.2, 0) is 0 Å². The summed E-state index contributed by atoms with van der Waals surface area (Å²) in [6, 6.07) is 4.37. The van der Waals surface area contributed by atoms with Crippen LogP contribution in [0, 0.1) is 0 Å². The van der Waals surface area contributed by atoms with Gasteiger partial charge in [-0.15, -0.1) is 0 Å². The first kappa shape index (κ1) is 12.0. The van der Waals surface area contributed by atoms with E-state index in [-0.39, 0.29) is 16.4 Å². The molecule has 1 amide bonds. The lowest BCUT2D eigenvalue weighted by Gasteiger charge is -2.11. The van der Waals surface area contributed by atoms with Crippen molar-refractivity contribution in [3.8, 4) is 0 Å². The lowest BCUT2D eigenvalue weighted by Crippen LogP contribution is -2.32. The normalized spacial score (nSPS) is 9.93. The Morgan fingerprint density at radius 3 is 2.47 bits per heavy atom. The zero-order valence-corrected chi connectivity index (χ0v) is 9.19. The number of amides is 1. The van der Waals surface area contributed by atoms with E-state index in [0.29, 0.717) is 5.56 Å². The molecular formula is C9H11BClNO3. The van der Waals surface area contributed by atoms with Crippen molar-refractivity contribution in [1.82, 2.24) is 4.90 Å². The van der Waals surface area contributed by atoms with Crippen molar-refractivity contribution in [3.63, 3.8) is 0 Å². The van der Waals surface area contributed by atoms with E-state index in [0.717, 1.165) is 0 Å². The Morgan fingerprint density at radius 2 is 2.00 bits per heavy atom. The van der Waals surface area contributed by atoms with Crippen molar-refractivity contribution in [2.75, 3.05) is 14.1 Å². The summed E-state index contributed by atoms with van der Waals surface area (Å²) < 4.78 is 0. The molecule has 0 bridgehead atoms. The van der Waals surface area contributed by atoms with E-state index in [1.807, 2.05) is 0 Å². The first-order valence-electron chi connectivity index (χ1n) is 4.30. The highest BCUT2D eigenvalue weighted by molar-refractivity contribution is 6.62. The molecule has 1 aromatic carbocycles. The molecule has 0 saturated heterocycles. The fraction of sp³-hybridized carbons (Fsp3) is 0.222. The fourth-order valence-corrected chi connectivity index (χ4v) is 1.35. The molecule has 4 nitrogen and oxygen atoms in total. The second-order valence-corrected chi connectivity index (χ2v) is 3.72. The van der Waals surface area contributed by atoms with Crippen molar-refractivity contribution < 1.29 is 14.8 Å². The molecule has 6 heteroatoms. The molecule has 0 aliphatic heterocycles. The maximum Gasteiger partial charge on any atom is 0.489 e. The molecule has 1 rings (SSSR count). The number of hydrogen-bond acceptors (Lipinski definition) is 3. The first-order valence-corrected chi connectivity index (χ1v) is 4.68. The summed E-state index contributed by atoms with van der Waals surface area (Å²) in [6.45, 7) is 0. The third kappa shape index (κ3) is 2.71. The Labute approximate surface area is 93.2 Å². The number of carbonyl (C=O) groups excluding carboxylic acids is 1. The quantitative estimate of drug-likeness (QED) is 0.683. The predicted molar refractivity (Wildman–Crippen MR) is 59.3 cm³/mol. The third-order valence-corrected chi connectivity index (χ3v) is 2.27. The van der Waals surface area contributed by atoms with Crippen LogP contribution in [0.1, 0.15) is 10.4 Å². The van der Waals surface area contributed by atoms with Gasteiger partial charge in [0.05, 0.1) is 0 Å². The SMILES string of the molecule is CN(C)C(=O)c1ccc(Cl)c(B(O)O)c1. The molecule has 0 heterocycles. The van der Waals surface area contributed by atoms with Crippen molar-refractivity contribution >= 4 is 30.1 Å². The molecule has 0 aliphatic rings. The number of hydrogen-bond donors (Lipinski definition) is 2. The zero-order chi connectivity index (χ0) is 11.6. The summed E-state index contributed by atoms with van der Waals surface area (Å²) in [4.78, 5) is 12.9. The Morgan fingerprint density at radius 1 is 1.40 bits per heavy atom. The molecule has 80 valence electrons. The smallest absolute Gasteiger partial charge is 0.423 e. The van der Waals surface area contributed by atoms with Gasteiger partial charge in [-0.25, -0.2) is 0 Å². The van der Waals surface area contributed by atoms with Crippen molar-refractivity contribution in [3.05, 3.63) is 28.8 Å². The summed E-state index contributed by atoms with van der Waals surface area (Å²) in [5, 5.41) is 18.2. The van der Waals surface area contributed by atoms with E-state index in [4.69, 9.17) is 21.6 Å². The van der Waals surface area contributed by atoms with Gasteiger partial charge in [0.15, 0.2) is 0 Å². The molecule has 1 aromatic rings. The average Bonchev–Trinajstić information content (AvgIpc) is 2.16. The van der Waals surface area contributed by atoms with Gasteiger partial charge in [0.1, 0.15) is 0 Å². The number of benzene rings is 1. The molecule has 0 spiro atoms. The highest BCUT2D eigenvalue weighted by Gasteiger charge is 2.18. The number of halogens is 1. The number of nitrogens with zero attached hydrogens (tertiary/aromatic N) is 1. The fourth-order valence-electron chi connectivity index (χ4n) is 1.13. The van der Waals surface area contributed by atoms with Gasteiger partial charge < -0.3 is 14.9 Å². The van der Waals surface area contributed by atoms with Gasteiger partial charge in [0.25, 0.3) is 5.91 Å². The standard InChI is InChI=1S/C9H11BClNO3/c1-12(2)9(13)6-3-4-8(11)7(5-6)10(14)15/h3-5,14-15H,1-2H3. The van der Waals surface area contributed by atoms with E-state index in [1.165, 1.54) is 23.1 Å². The minimum atomic E-state index is -1.67. The Hall–Kier alpha value is -1.04. The second kappa shape index (κ2) is 4.66. The van der Waals surface area contributed by atoms with Crippen molar-refractivity contribution in [1.29, 1.82) is 0 Å². The number of rotatable bonds is 2. The Bertz CT molecular complexity index is 382. The van der Waals surface area contributed by atoms with Crippen LogP contribution in [0.3, 0.4) is 0 Å². The molecular weight excluding hydrogens is 216 g/mol. The van der Waals surface area contributed by atoms with E-state index in [9.17, 15) is 4.79 Å². The molecule has 15 heavy (non-hydrogen) atoms. The average molecular weight is 227 g/mol. The highest BCUT2D eigenvalue weighted by Crippen LogP contribution is 2.09. The topological polar surface area (TPSA) is 60.8 Å². The van der Waals surface area contributed by atoms with E-state index < -0.39 is 7.12 Å². The van der Waals surface area contributed by atoms with Crippen LogP contribution in [0.25, 0.3) is 0 Å². The van der Waals surface area contributed by atoms with Crippen LogP contribution >= 0.6 is 11.6 Å². The minimum Gasteiger partial charge on any atom is -0.423 e. The van der Waals surface area contributed by atoms with Crippen molar-refractivity contribution in [2.24, 2.45) is 0 Å². The molecule has 0 saturated carbocycles. The summed E-state index contributed by atoms with van der Waals surface area (Å²) in [5.74, 6) is -0.214. The summed E-state index contributed by atoms with van der Waals surface area (Å²) in [5.41, 5.74) is 0.497. The Balaban J connectivity index is 3.13. The van der Waals surface area contributed by atoms with Gasteiger partial charge >= 0.3 is 7.12 Å². The van der Waals surface area contributed by atoms with Crippen LogP contribution in [0.5, 0.6) is 0 Å². The zero-order valence-electron chi connectivity index (χ0n) is 8.44. The van der Waals surface area contributed by atoms with Crippen molar-refractivity contribution in [2.45, 2.75) is 0 Å². The van der Waals surface area contributed by atoms with Crippen LogP contribution < -0.4 is 5.46 Å². The molecule has 0 aromatic heterocycles. The maximum absolute atomic E-state index is 11.6. The summed E-state index contributed by atoms with van der Waals surface area (Å²) in [7, 11) is 1.56.